The van der Waals surface area contributed by atoms with Crippen LogP contribution in [0.2, 0.25) is 0 Å². The van der Waals surface area contributed by atoms with Crippen LogP contribution in [0.3, 0.4) is 0 Å². The Morgan fingerprint density at radius 1 is 1.21 bits per heavy atom. The molecule has 0 radical (unpaired) electrons. The third-order valence-electron chi connectivity index (χ3n) is 3.54. The second-order valence-corrected chi connectivity index (χ2v) is 4.76. The van der Waals surface area contributed by atoms with Crippen LogP contribution in [-0.2, 0) is 10.3 Å². The molecule has 98 valence electrons. The molecule has 0 unspecified atom stereocenters. The van der Waals surface area contributed by atoms with Crippen molar-refractivity contribution < 1.29 is 19.1 Å². The van der Waals surface area contributed by atoms with Crippen molar-refractivity contribution in [3.05, 3.63) is 23.3 Å². The summed E-state index contributed by atoms with van der Waals surface area (Å²) in [6.45, 7) is 1.05. The van der Waals surface area contributed by atoms with Gasteiger partial charge in [-0.15, -0.1) is 0 Å². The zero-order chi connectivity index (χ0) is 13.3. The Kier molecular flexibility index (Phi) is 2.84. The molecule has 1 aliphatic carbocycles. The van der Waals surface area contributed by atoms with E-state index < -0.39 is 5.54 Å². The van der Waals surface area contributed by atoms with Gasteiger partial charge in [-0.05, 0) is 18.9 Å². The summed E-state index contributed by atoms with van der Waals surface area (Å²) in [4.78, 5) is 25.5. The lowest BCUT2D eigenvalue weighted by molar-refractivity contribution is 0.111. The van der Waals surface area contributed by atoms with Crippen LogP contribution in [-0.4, -0.2) is 25.6 Å². The van der Waals surface area contributed by atoms with Crippen molar-refractivity contribution >= 4 is 12.4 Å². The molecule has 19 heavy (non-hydrogen) atoms. The van der Waals surface area contributed by atoms with Gasteiger partial charge in [-0.25, -0.2) is 4.79 Å². The summed E-state index contributed by atoms with van der Waals surface area (Å²) in [7, 11) is 0. The Hall–Kier alpha value is -2.13. The summed E-state index contributed by atoms with van der Waals surface area (Å²) in [5, 5.41) is 0. The maximum absolute atomic E-state index is 11.1. The van der Waals surface area contributed by atoms with Crippen LogP contribution < -0.4 is 9.47 Å². The van der Waals surface area contributed by atoms with Gasteiger partial charge in [-0.3, -0.25) is 4.79 Å². The minimum absolute atomic E-state index is 0.464. The average Bonchev–Trinajstić information content (AvgIpc) is 3.21. The van der Waals surface area contributed by atoms with Gasteiger partial charge in [0, 0.05) is 12.0 Å². The molecule has 0 N–H and O–H groups in total. The number of hydrogen-bond donors (Lipinski definition) is 0. The van der Waals surface area contributed by atoms with Gasteiger partial charge in [0.1, 0.15) is 5.54 Å². The number of carbonyl (C=O) groups is 1. The van der Waals surface area contributed by atoms with Gasteiger partial charge in [-0.2, -0.15) is 4.99 Å². The van der Waals surface area contributed by atoms with Gasteiger partial charge in [0.2, 0.25) is 6.08 Å². The lowest BCUT2D eigenvalue weighted by Crippen LogP contribution is -2.08. The molecule has 1 aliphatic heterocycles. The fraction of sp³-hybridized carbons (Fsp3) is 0.429. The second-order valence-electron chi connectivity index (χ2n) is 4.76. The maximum atomic E-state index is 11.1. The first-order valence-corrected chi connectivity index (χ1v) is 6.28. The number of rotatable bonds is 3. The Morgan fingerprint density at radius 3 is 2.58 bits per heavy atom. The highest BCUT2D eigenvalue weighted by atomic mass is 16.5. The van der Waals surface area contributed by atoms with Crippen molar-refractivity contribution in [1.29, 1.82) is 0 Å². The van der Waals surface area contributed by atoms with Gasteiger partial charge in [0.25, 0.3) is 0 Å². The molecular formula is C14H13NO4. The number of isocyanates is 1. The lowest BCUT2D eigenvalue weighted by atomic mass is 10.0. The number of carbonyl (C=O) groups excluding carboxylic acids is 2. The molecule has 0 aromatic heterocycles. The fourth-order valence-electron chi connectivity index (χ4n) is 2.38. The number of nitrogens with zero attached hydrogens (tertiary/aromatic N) is 1. The van der Waals surface area contributed by atoms with Crippen molar-refractivity contribution in [2.45, 2.75) is 24.8 Å². The molecular weight excluding hydrogens is 246 g/mol. The molecule has 0 bridgehead atoms. The molecule has 3 rings (SSSR count). The summed E-state index contributed by atoms with van der Waals surface area (Å²) < 4.78 is 11.3. The van der Waals surface area contributed by atoms with Crippen LogP contribution in [0.1, 0.15) is 35.2 Å². The van der Waals surface area contributed by atoms with E-state index in [0.717, 1.165) is 31.1 Å². The van der Waals surface area contributed by atoms with Crippen LogP contribution in [0.4, 0.5) is 0 Å². The first-order valence-electron chi connectivity index (χ1n) is 6.28. The van der Waals surface area contributed by atoms with Crippen molar-refractivity contribution in [1.82, 2.24) is 0 Å². The quantitative estimate of drug-likeness (QED) is 0.473. The van der Waals surface area contributed by atoms with E-state index in [1.807, 2.05) is 0 Å². The Balaban J connectivity index is 2.16. The largest absolute Gasteiger partial charge is 0.489 e. The first kappa shape index (κ1) is 11.9. The Morgan fingerprint density at radius 2 is 1.95 bits per heavy atom. The van der Waals surface area contributed by atoms with Crippen molar-refractivity contribution in [2.75, 3.05) is 13.2 Å². The van der Waals surface area contributed by atoms with Gasteiger partial charge in [-0.1, -0.05) is 6.07 Å². The van der Waals surface area contributed by atoms with Crippen LogP contribution in [0.5, 0.6) is 11.5 Å². The van der Waals surface area contributed by atoms with Crippen molar-refractivity contribution in [3.8, 4) is 11.5 Å². The Bertz CT molecular complexity index is 571. The van der Waals surface area contributed by atoms with Gasteiger partial charge >= 0.3 is 0 Å². The summed E-state index contributed by atoms with van der Waals surface area (Å²) in [6.07, 6.45) is 4.72. The standard InChI is InChI=1S/C14H13NO4/c16-8-10-2-3-11(14(4-5-14)15-9-17)13-12(10)18-6-1-7-19-13/h2-3,8H,1,4-7H2. The topological polar surface area (TPSA) is 65.0 Å². The molecule has 0 amide bonds. The highest BCUT2D eigenvalue weighted by molar-refractivity contribution is 5.82. The highest BCUT2D eigenvalue weighted by Gasteiger charge is 2.48. The SMILES string of the molecule is O=C=NC1(c2ccc(C=O)c3c2OCCCO3)CC1. The normalized spacial score (nSPS) is 18.9. The predicted molar refractivity (Wildman–Crippen MR) is 66.5 cm³/mol. The number of aliphatic imine (C=N–C) groups is 1. The van der Waals surface area contributed by atoms with Crippen LogP contribution in [0.25, 0.3) is 0 Å². The lowest BCUT2D eigenvalue weighted by Gasteiger charge is -2.17. The molecule has 2 aliphatic rings. The monoisotopic (exact) mass is 259 g/mol. The zero-order valence-corrected chi connectivity index (χ0v) is 10.3. The minimum Gasteiger partial charge on any atom is -0.489 e. The summed E-state index contributed by atoms with van der Waals surface area (Å²) in [6, 6.07) is 3.49. The van der Waals surface area contributed by atoms with Crippen molar-refractivity contribution in [3.63, 3.8) is 0 Å². The van der Waals surface area contributed by atoms with Crippen LogP contribution in [0.15, 0.2) is 17.1 Å². The van der Waals surface area contributed by atoms with Gasteiger partial charge in [0.15, 0.2) is 17.8 Å². The molecule has 0 atom stereocenters. The molecule has 5 heteroatoms. The van der Waals surface area contributed by atoms with Crippen LogP contribution >= 0.6 is 0 Å². The molecule has 1 heterocycles. The smallest absolute Gasteiger partial charge is 0.235 e. The van der Waals surface area contributed by atoms with E-state index in [2.05, 4.69) is 4.99 Å². The number of aldehydes is 1. The van der Waals surface area contributed by atoms with Gasteiger partial charge < -0.3 is 9.47 Å². The van der Waals surface area contributed by atoms with E-state index in [1.54, 1.807) is 18.2 Å². The highest BCUT2D eigenvalue weighted by Crippen LogP contribution is 2.54. The molecule has 1 fully saturated rings. The molecule has 1 saturated carbocycles. The summed E-state index contributed by atoms with van der Waals surface area (Å²) >= 11 is 0. The predicted octanol–water partition coefficient (Wildman–Crippen LogP) is 1.99. The fourth-order valence-corrected chi connectivity index (χ4v) is 2.38. The third-order valence-corrected chi connectivity index (χ3v) is 3.54. The number of ether oxygens (including phenoxy) is 2. The second kappa shape index (κ2) is 4.52. The van der Waals surface area contributed by atoms with E-state index >= 15 is 0 Å². The van der Waals surface area contributed by atoms with Crippen molar-refractivity contribution in [2.24, 2.45) is 4.99 Å². The molecule has 0 spiro atoms. The van der Waals surface area contributed by atoms with Crippen LogP contribution in [0, 0.1) is 0 Å². The van der Waals surface area contributed by atoms with E-state index in [1.165, 1.54) is 0 Å². The van der Waals surface area contributed by atoms with E-state index in [4.69, 9.17) is 9.47 Å². The summed E-state index contributed by atoms with van der Waals surface area (Å²) in [5.41, 5.74) is 0.755. The maximum Gasteiger partial charge on any atom is 0.235 e. The van der Waals surface area contributed by atoms with E-state index in [-0.39, 0.29) is 0 Å². The molecule has 5 nitrogen and oxygen atoms in total. The minimum atomic E-state index is -0.527. The first-order chi connectivity index (χ1) is 9.30. The number of benzene rings is 1. The summed E-state index contributed by atoms with van der Waals surface area (Å²) in [5.74, 6) is 1.02. The number of fused-ring (bicyclic) bond motifs is 1. The molecule has 0 saturated heterocycles. The van der Waals surface area contributed by atoms with Gasteiger partial charge in [0.05, 0.1) is 18.8 Å². The Labute approximate surface area is 110 Å². The van der Waals surface area contributed by atoms with E-state index in [9.17, 15) is 9.59 Å². The zero-order valence-electron chi connectivity index (χ0n) is 10.3. The molecule has 1 aromatic carbocycles. The number of hydrogen-bond acceptors (Lipinski definition) is 5. The average molecular weight is 259 g/mol. The third kappa shape index (κ3) is 1.92. The molecule has 1 aromatic rings. The van der Waals surface area contributed by atoms with E-state index in [0.29, 0.717) is 30.3 Å².